The van der Waals surface area contributed by atoms with Gasteiger partial charge in [-0.1, -0.05) is 18.2 Å². The molecule has 2 fully saturated rings. The molecule has 4 heterocycles. The van der Waals surface area contributed by atoms with Crippen LogP contribution in [0.25, 0.3) is 11.1 Å². The van der Waals surface area contributed by atoms with E-state index in [1.807, 2.05) is 0 Å². The number of fused-ring (bicyclic) bond motifs is 1. The fraction of sp³-hybridized carbons (Fsp3) is 0.500. The maximum absolute atomic E-state index is 15.7. The van der Waals surface area contributed by atoms with Crippen LogP contribution < -0.4 is 10.3 Å². The number of hydrogen-bond donors (Lipinski definition) is 0. The minimum atomic E-state index is -4.78. The number of halogens is 5. The summed E-state index contributed by atoms with van der Waals surface area (Å²) in [6.45, 7) is 11.0. The smallest absolute Gasteiger partial charge is 0.416 e. The highest BCUT2D eigenvalue weighted by Gasteiger charge is 2.37. The molecule has 1 aromatic heterocycles. The Labute approximate surface area is 275 Å². The monoisotopic (exact) mass is 678 g/mol. The third-order valence-electron chi connectivity index (χ3n) is 9.52. The predicted molar refractivity (Wildman–Crippen MR) is 171 cm³/mol. The maximum atomic E-state index is 15.7. The number of pyridine rings is 1. The maximum Gasteiger partial charge on any atom is 0.416 e. The van der Waals surface area contributed by atoms with E-state index >= 15 is 8.78 Å². The zero-order chi connectivity index (χ0) is 33.3. The third-order valence-corrected chi connectivity index (χ3v) is 10.8. The van der Waals surface area contributed by atoms with Crippen molar-refractivity contribution in [2.45, 2.75) is 30.6 Å². The molecule has 3 aromatic rings. The van der Waals surface area contributed by atoms with Gasteiger partial charge in [-0.25, -0.2) is 8.78 Å². The predicted octanol–water partition coefficient (Wildman–Crippen LogP) is 5.32. The van der Waals surface area contributed by atoms with Crippen molar-refractivity contribution in [3.8, 4) is 16.9 Å². The molecule has 0 radical (unpaired) electrons. The molecule has 2 saturated heterocycles. The fourth-order valence-electron chi connectivity index (χ4n) is 6.87. The van der Waals surface area contributed by atoms with Crippen molar-refractivity contribution >= 4 is 11.8 Å². The van der Waals surface area contributed by atoms with Gasteiger partial charge in [0, 0.05) is 82.2 Å². The van der Waals surface area contributed by atoms with Crippen LogP contribution in [-0.4, -0.2) is 104 Å². The molecule has 47 heavy (non-hydrogen) atoms. The highest BCUT2D eigenvalue weighted by atomic mass is 32.2. The summed E-state index contributed by atoms with van der Waals surface area (Å²) >= 11 is 1.39. The number of morpholine rings is 1. The molecule has 0 spiro atoms. The second kappa shape index (κ2) is 14.3. The zero-order valence-electron chi connectivity index (χ0n) is 26.5. The van der Waals surface area contributed by atoms with Crippen molar-refractivity contribution in [3.63, 3.8) is 0 Å². The molecular formula is C34H39F5N4O3S. The molecule has 1 atom stereocenters. The van der Waals surface area contributed by atoms with E-state index in [4.69, 9.17) is 9.47 Å². The molecular weight excluding hydrogens is 639 g/mol. The van der Waals surface area contributed by atoms with Gasteiger partial charge >= 0.3 is 6.18 Å². The Bertz CT molecular complexity index is 1650. The van der Waals surface area contributed by atoms with Crippen LogP contribution in [0.3, 0.4) is 0 Å². The highest BCUT2D eigenvalue weighted by molar-refractivity contribution is 7.99. The number of benzene rings is 2. The first-order valence-corrected chi connectivity index (χ1v) is 16.9. The minimum absolute atomic E-state index is 0.00230. The summed E-state index contributed by atoms with van der Waals surface area (Å²) in [5.41, 5.74) is -1.23. The van der Waals surface area contributed by atoms with E-state index in [-0.39, 0.29) is 22.9 Å². The Balaban J connectivity index is 1.32. The van der Waals surface area contributed by atoms with Gasteiger partial charge < -0.3 is 9.47 Å². The van der Waals surface area contributed by atoms with Crippen molar-refractivity contribution in [2.75, 3.05) is 85.0 Å². The van der Waals surface area contributed by atoms with Crippen LogP contribution in [0, 0.1) is 18.6 Å². The van der Waals surface area contributed by atoms with Gasteiger partial charge in [0.05, 0.1) is 42.5 Å². The third kappa shape index (κ3) is 7.10. The molecule has 13 heteroatoms. The molecule has 7 nitrogen and oxygen atoms in total. The van der Waals surface area contributed by atoms with E-state index in [0.29, 0.717) is 28.5 Å². The van der Waals surface area contributed by atoms with Crippen LogP contribution in [0.15, 0.2) is 46.2 Å². The van der Waals surface area contributed by atoms with Gasteiger partial charge in [0.15, 0.2) is 11.6 Å². The van der Waals surface area contributed by atoms with Crippen molar-refractivity contribution < 1.29 is 31.4 Å². The van der Waals surface area contributed by atoms with Crippen LogP contribution in [0.1, 0.15) is 28.3 Å². The van der Waals surface area contributed by atoms with E-state index in [2.05, 4.69) is 14.7 Å². The number of ether oxygens (including phenoxy) is 2. The zero-order valence-corrected chi connectivity index (χ0v) is 27.4. The van der Waals surface area contributed by atoms with E-state index in [1.54, 1.807) is 17.6 Å². The fourth-order valence-corrected chi connectivity index (χ4v) is 8.25. The Morgan fingerprint density at radius 2 is 1.57 bits per heavy atom. The molecule has 0 saturated carbocycles. The Hall–Kier alpha value is -2.97. The molecule has 0 aliphatic carbocycles. The lowest BCUT2D eigenvalue weighted by atomic mass is 9.92. The molecule has 3 aliphatic heterocycles. The summed E-state index contributed by atoms with van der Waals surface area (Å²) in [7, 11) is 1.32. The SMILES string of the molecule is COc1cccc(-c2c(C)c(Cc3c(F)cccc3C(F)(F)F)c3n(c2=O)C(CN2CCN(CCN4CCOCC4)CC2)CS3)c1F. The van der Waals surface area contributed by atoms with Crippen LogP contribution in [0.2, 0.25) is 0 Å². The molecule has 6 rings (SSSR count). The van der Waals surface area contributed by atoms with E-state index in [9.17, 15) is 18.0 Å². The number of alkyl halides is 3. The van der Waals surface area contributed by atoms with Crippen molar-refractivity contribution in [3.05, 3.63) is 80.6 Å². The van der Waals surface area contributed by atoms with Gasteiger partial charge in [0.2, 0.25) is 0 Å². The Morgan fingerprint density at radius 3 is 2.26 bits per heavy atom. The van der Waals surface area contributed by atoms with Crippen LogP contribution in [-0.2, 0) is 17.3 Å². The first-order valence-electron chi connectivity index (χ1n) is 15.9. The number of rotatable bonds is 9. The summed E-state index contributed by atoms with van der Waals surface area (Å²) < 4.78 is 85.2. The molecule has 0 amide bonds. The second-order valence-electron chi connectivity index (χ2n) is 12.3. The Kier molecular flexibility index (Phi) is 10.3. The van der Waals surface area contributed by atoms with Gasteiger partial charge in [0.25, 0.3) is 5.56 Å². The van der Waals surface area contributed by atoms with Crippen molar-refractivity contribution in [1.29, 1.82) is 0 Å². The van der Waals surface area contributed by atoms with E-state index in [1.165, 1.54) is 31.0 Å². The lowest BCUT2D eigenvalue weighted by molar-refractivity contribution is -0.138. The molecule has 2 aromatic carbocycles. The van der Waals surface area contributed by atoms with Crippen molar-refractivity contribution in [2.24, 2.45) is 0 Å². The van der Waals surface area contributed by atoms with E-state index in [0.717, 1.165) is 83.8 Å². The van der Waals surface area contributed by atoms with Gasteiger partial charge in [-0.15, -0.1) is 11.8 Å². The number of nitrogens with zero attached hydrogens (tertiary/aromatic N) is 4. The quantitative estimate of drug-likeness (QED) is 0.285. The first kappa shape index (κ1) is 33.9. The van der Waals surface area contributed by atoms with Gasteiger partial charge in [-0.3, -0.25) is 24.1 Å². The van der Waals surface area contributed by atoms with Gasteiger partial charge in [-0.2, -0.15) is 13.2 Å². The number of hydrogen-bond acceptors (Lipinski definition) is 7. The number of aromatic nitrogens is 1. The van der Waals surface area contributed by atoms with Crippen LogP contribution >= 0.6 is 11.8 Å². The number of thioether (sulfide) groups is 1. The summed E-state index contributed by atoms with van der Waals surface area (Å²) in [6, 6.07) is 7.09. The van der Waals surface area contributed by atoms with Crippen LogP contribution in [0.5, 0.6) is 5.75 Å². The molecule has 1 unspecified atom stereocenters. The highest BCUT2D eigenvalue weighted by Crippen LogP contribution is 2.42. The van der Waals surface area contributed by atoms with Crippen LogP contribution in [0.4, 0.5) is 22.0 Å². The van der Waals surface area contributed by atoms with Gasteiger partial charge in [0.1, 0.15) is 5.82 Å². The normalized spacial score (nSPS) is 19.7. The van der Waals surface area contributed by atoms with Crippen molar-refractivity contribution in [1.82, 2.24) is 19.3 Å². The summed E-state index contributed by atoms with van der Waals surface area (Å²) in [5.74, 6) is -1.26. The summed E-state index contributed by atoms with van der Waals surface area (Å²) in [6.07, 6.45) is -5.18. The van der Waals surface area contributed by atoms with Gasteiger partial charge in [-0.05, 0) is 36.2 Å². The molecule has 0 N–H and O–H groups in total. The lowest BCUT2D eigenvalue weighted by Gasteiger charge is -2.37. The standard InChI is InChI=1S/C34H39F5N4O3S/c1-22-25(19-26-27(34(37,38)39)6-4-7-28(26)35)33-43(32(44)30(22)24-5-3-8-29(45-2)31(24)36)23(21-47-33)20-42-13-11-40(12-14-42)9-10-41-15-17-46-18-16-41/h3-8,23H,9-21H2,1-2H3. The number of methoxy groups -OCH3 is 1. The molecule has 0 bridgehead atoms. The lowest BCUT2D eigenvalue weighted by Crippen LogP contribution is -2.50. The summed E-state index contributed by atoms with van der Waals surface area (Å²) in [4.78, 5) is 21.5. The largest absolute Gasteiger partial charge is 0.494 e. The average molecular weight is 679 g/mol. The van der Waals surface area contributed by atoms with E-state index < -0.39 is 40.9 Å². The topological polar surface area (TPSA) is 50.2 Å². The summed E-state index contributed by atoms with van der Waals surface area (Å²) in [5, 5.41) is 0.505. The first-order chi connectivity index (χ1) is 22.6. The Morgan fingerprint density at radius 1 is 0.915 bits per heavy atom. The molecule has 3 aliphatic rings. The number of piperazine rings is 1. The second-order valence-corrected chi connectivity index (χ2v) is 13.3. The minimum Gasteiger partial charge on any atom is -0.494 e. The average Bonchev–Trinajstić information content (AvgIpc) is 3.47. The molecule has 254 valence electrons.